The van der Waals surface area contributed by atoms with Crippen molar-refractivity contribution >= 4 is 28.5 Å². The normalized spacial score (nSPS) is 12.9. The molecule has 1 unspecified atom stereocenters. The number of nitrogens with zero attached hydrogens (tertiary/aromatic N) is 4. The van der Waals surface area contributed by atoms with Crippen molar-refractivity contribution in [2.75, 3.05) is 27.4 Å². The van der Waals surface area contributed by atoms with Gasteiger partial charge in [0.05, 0.1) is 29.7 Å². The Balaban J connectivity index is 2.03. The molecule has 0 saturated heterocycles. The van der Waals surface area contributed by atoms with Crippen LogP contribution in [0.25, 0.3) is 16.5 Å². The zero-order chi connectivity index (χ0) is 24.8. The van der Waals surface area contributed by atoms with E-state index in [4.69, 9.17) is 26.0 Å². The molecule has 0 spiro atoms. The van der Waals surface area contributed by atoms with Gasteiger partial charge in [0, 0.05) is 50.1 Å². The summed E-state index contributed by atoms with van der Waals surface area (Å²) in [5.74, 6) is -0.609. The van der Waals surface area contributed by atoms with Crippen LogP contribution in [-0.4, -0.2) is 53.5 Å². The minimum atomic E-state index is -0.841. The lowest BCUT2D eigenvalue weighted by molar-refractivity contribution is 0.146. The van der Waals surface area contributed by atoms with Crippen LogP contribution in [-0.2, 0) is 4.74 Å². The maximum Gasteiger partial charge on any atom is 0.260 e. The van der Waals surface area contributed by atoms with Crippen LogP contribution in [0.3, 0.4) is 0 Å². The van der Waals surface area contributed by atoms with Crippen molar-refractivity contribution in [2.45, 2.75) is 13.0 Å². The van der Waals surface area contributed by atoms with Crippen molar-refractivity contribution in [3.8, 4) is 5.75 Å². The number of aromatic nitrogens is 3. The molecule has 10 nitrogen and oxygen atoms in total. The Labute approximate surface area is 194 Å². The second kappa shape index (κ2) is 10.7. The summed E-state index contributed by atoms with van der Waals surface area (Å²) in [5.41, 5.74) is 5.94. The number of nitrogens with two attached hydrogens (primary N) is 1. The summed E-state index contributed by atoms with van der Waals surface area (Å²) in [5, 5.41) is 17.1. The first kappa shape index (κ1) is 24.5. The molecule has 0 fully saturated rings. The number of hydrogen-bond donors (Lipinski definition) is 3. The Kier molecular flexibility index (Phi) is 7.69. The smallest absolute Gasteiger partial charge is 0.260 e. The average molecular weight is 468 g/mol. The second-order valence-corrected chi connectivity index (χ2v) is 7.34. The minimum Gasteiger partial charge on any atom is -0.490 e. The molecule has 0 aliphatic carbocycles. The fourth-order valence-electron chi connectivity index (χ4n) is 3.34. The highest BCUT2D eigenvalue weighted by Crippen LogP contribution is 2.18. The average Bonchev–Trinajstić information content (AvgIpc) is 2.84. The molecule has 178 valence electrons. The molecule has 0 radical (unpaired) electrons. The van der Waals surface area contributed by atoms with Crippen molar-refractivity contribution < 1.29 is 13.9 Å². The van der Waals surface area contributed by atoms with E-state index in [1.807, 2.05) is 0 Å². The fraction of sp³-hybridized carbons (Fsp3) is 0.261. The van der Waals surface area contributed by atoms with Crippen molar-refractivity contribution in [1.82, 2.24) is 14.1 Å². The third-order valence-corrected chi connectivity index (χ3v) is 5.18. The van der Waals surface area contributed by atoms with E-state index < -0.39 is 22.9 Å². The number of hydrogen-bond acceptors (Lipinski definition) is 8. The zero-order valence-corrected chi connectivity index (χ0v) is 19.1. The molecule has 34 heavy (non-hydrogen) atoms. The van der Waals surface area contributed by atoms with Crippen LogP contribution in [0.5, 0.6) is 5.75 Å². The summed E-state index contributed by atoms with van der Waals surface area (Å²) < 4.78 is 27.5. The van der Waals surface area contributed by atoms with Gasteiger partial charge in [0.15, 0.2) is 11.3 Å². The Morgan fingerprint density at radius 3 is 2.82 bits per heavy atom. The predicted molar refractivity (Wildman–Crippen MR) is 128 cm³/mol. The number of halogens is 1. The second-order valence-electron chi connectivity index (χ2n) is 7.34. The summed E-state index contributed by atoms with van der Waals surface area (Å²) >= 11 is 0. The van der Waals surface area contributed by atoms with E-state index in [1.165, 1.54) is 35.6 Å². The molecule has 0 aliphatic rings. The lowest BCUT2D eigenvalue weighted by Gasteiger charge is -2.20. The number of aliphatic imine (C=N–C) groups is 1. The van der Waals surface area contributed by atoms with Gasteiger partial charge < -0.3 is 19.8 Å². The molecule has 11 heteroatoms. The minimum absolute atomic E-state index is 0.183. The lowest BCUT2D eigenvalue weighted by Crippen LogP contribution is -2.37. The number of pyridine rings is 3. The molecule has 3 heterocycles. The quantitative estimate of drug-likeness (QED) is 0.263. The molecule has 1 atom stereocenters. The van der Waals surface area contributed by atoms with Gasteiger partial charge in [-0.25, -0.2) is 4.39 Å². The van der Waals surface area contributed by atoms with Crippen LogP contribution in [0.15, 0.2) is 52.8 Å². The monoisotopic (exact) mass is 467 g/mol. The summed E-state index contributed by atoms with van der Waals surface area (Å²) in [6.45, 7) is 2.31. The molecule has 3 aromatic rings. The Hall–Kier alpha value is -4.12. The summed E-state index contributed by atoms with van der Waals surface area (Å²) in [7, 11) is 3.11. The van der Waals surface area contributed by atoms with Gasteiger partial charge in [-0.3, -0.25) is 30.2 Å². The molecular weight excluding hydrogens is 441 g/mol. The van der Waals surface area contributed by atoms with Gasteiger partial charge in [-0.05, 0) is 25.1 Å². The predicted octanol–water partition coefficient (Wildman–Crippen LogP) is 1.93. The molecule has 3 rings (SSSR count). The lowest BCUT2D eigenvalue weighted by atomic mass is 10.1. The number of allylic oxidation sites excluding steroid dienone is 1. The number of nitrogens with one attached hydrogen (secondary N) is 2. The number of rotatable bonds is 8. The number of fused-ring (bicyclic) bond motifs is 1. The highest BCUT2D eigenvalue weighted by atomic mass is 19.1. The van der Waals surface area contributed by atoms with Crippen LogP contribution >= 0.6 is 0 Å². The Bertz CT molecular complexity index is 1390. The van der Waals surface area contributed by atoms with Gasteiger partial charge in [0.1, 0.15) is 18.2 Å². The van der Waals surface area contributed by atoms with E-state index in [9.17, 15) is 9.18 Å². The number of methoxy groups -OCH3 is 1. The summed E-state index contributed by atoms with van der Waals surface area (Å²) in [6.07, 6.45) is 7.16. The third-order valence-electron chi connectivity index (χ3n) is 5.18. The van der Waals surface area contributed by atoms with Crippen molar-refractivity contribution in [1.29, 1.82) is 10.8 Å². The molecule has 0 amide bonds. The van der Waals surface area contributed by atoms with Gasteiger partial charge in [0.2, 0.25) is 0 Å². The summed E-state index contributed by atoms with van der Waals surface area (Å²) in [6, 6.07) is 3.55. The molecular formula is C23H26FN7O3. The van der Waals surface area contributed by atoms with Crippen LogP contribution in [0.4, 0.5) is 4.39 Å². The topological polar surface area (TPSA) is 144 Å². The van der Waals surface area contributed by atoms with Crippen LogP contribution in [0, 0.1) is 16.6 Å². The largest absolute Gasteiger partial charge is 0.490 e. The maximum atomic E-state index is 14.5. The van der Waals surface area contributed by atoms with E-state index in [1.54, 1.807) is 33.2 Å². The Morgan fingerprint density at radius 1 is 1.38 bits per heavy atom. The fourth-order valence-corrected chi connectivity index (χ4v) is 3.34. The standard InChI is InChI=1S/C23H26FN7O3/c1-14(21(26)31-13-15(8-19(24)22(31)27)16(10-25)11-28-2)30-5-4-20-18(23(30)32)9-17(12-29-20)34-7-6-33-3/h4-5,8-14,26-27H,6-7,25H2,1-3H3. The van der Waals surface area contributed by atoms with E-state index in [0.29, 0.717) is 41.0 Å². The molecule has 0 bridgehead atoms. The van der Waals surface area contributed by atoms with Crippen LogP contribution in [0.2, 0.25) is 0 Å². The van der Waals surface area contributed by atoms with Gasteiger partial charge in [-0.2, -0.15) is 0 Å². The van der Waals surface area contributed by atoms with Crippen molar-refractivity contribution in [3.05, 3.63) is 70.2 Å². The van der Waals surface area contributed by atoms with Crippen LogP contribution in [0.1, 0.15) is 18.5 Å². The van der Waals surface area contributed by atoms with Crippen molar-refractivity contribution in [2.24, 2.45) is 10.7 Å². The first-order chi connectivity index (χ1) is 16.3. The zero-order valence-electron chi connectivity index (χ0n) is 19.1. The van der Waals surface area contributed by atoms with E-state index in [-0.39, 0.29) is 5.84 Å². The maximum absolute atomic E-state index is 14.5. The number of ether oxygens (including phenoxy) is 2. The molecule has 0 saturated carbocycles. The molecule has 0 aliphatic heterocycles. The highest BCUT2D eigenvalue weighted by molar-refractivity contribution is 6.09. The van der Waals surface area contributed by atoms with Gasteiger partial charge in [0.25, 0.3) is 5.56 Å². The first-order valence-electron chi connectivity index (χ1n) is 10.3. The SMILES string of the molecule is CN=CC(=CN)c1cc(F)c(=N)n(C(=N)C(C)n2ccc3ncc(OCCOC)cc3c2=O)c1. The van der Waals surface area contributed by atoms with E-state index >= 15 is 0 Å². The molecule has 4 N–H and O–H groups in total. The first-order valence-corrected chi connectivity index (χ1v) is 10.3. The molecule has 0 aromatic carbocycles. The van der Waals surface area contributed by atoms with Crippen molar-refractivity contribution in [3.63, 3.8) is 0 Å². The van der Waals surface area contributed by atoms with Gasteiger partial charge >= 0.3 is 0 Å². The van der Waals surface area contributed by atoms with E-state index in [0.717, 1.165) is 10.6 Å². The van der Waals surface area contributed by atoms with Gasteiger partial charge in [-0.15, -0.1) is 0 Å². The van der Waals surface area contributed by atoms with E-state index in [2.05, 4.69) is 9.98 Å². The van der Waals surface area contributed by atoms with Gasteiger partial charge in [-0.1, -0.05) is 0 Å². The third kappa shape index (κ3) is 4.94. The van der Waals surface area contributed by atoms with Crippen LogP contribution < -0.4 is 21.5 Å². The Morgan fingerprint density at radius 2 is 2.15 bits per heavy atom. The molecule has 3 aromatic heterocycles. The summed E-state index contributed by atoms with van der Waals surface area (Å²) in [4.78, 5) is 21.4. The highest BCUT2D eigenvalue weighted by Gasteiger charge is 2.19.